The molecule has 2 atom stereocenters. The van der Waals surface area contributed by atoms with Crippen LogP contribution in [0.1, 0.15) is 12.5 Å². The van der Waals surface area contributed by atoms with Crippen LogP contribution in [-0.4, -0.2) is 29.1 Å². The van der Waals surface area contributed by atoms with E-state index in [1.165, 1.54) is 5.56 Å². The lowest BCUT2D eigenvalue weighted by Gasteiger charge is -2.15. The fraction of sp³-hybridized carbons (Fsp3) is 0.462. The van der Waals surface area contributed by atoms with E-state index in [1.807, 2.05) is 13.0 Å². The minimum absolute atomic E-state index is 0.224. The van der Waals surface area contributed by atoms with Crippen molar-refractivity contribution in [3.8, 4) is 0 Å². The maximum absolute atomic E-state index is 11.1. The predicted molar refractivity (Wildman–Crippen MR) is 77.4 cm³/mol. The average Bonchev–Trinajstić information content (AvgIpc) is 2.65. The average molecular weight is 377 g/mol. The predicted octanol–water partition coefficient (Wildman–Crippen LogP) is 3.36. The maximum atomic E-state index is 11.1. The second kappa shape index (κ2) is 5.72. The van der Waals surface area contributed by atoms with Gasteiger partial charge in [-0.3, -0.25) is 9.69 Å². The number of halogens is 2. The van der Waals surface area contributed by atoms with Gasteiger partial charge < -0.3 is 5.11 Å². The summed E-state index contributed by atoms with van der Waals surface area (Å²) in [6.45, 7) is 4.31. The molecule has 1 heterocycles. The zero-order valence-corrected chi connectivity index (χ0v) is 13.2. The fourth-order valence-electron chi connectivity index (χ4n) is 2.41. The van der Waals surface area contributed by atoms with E-state index in [-0.39, 0.29) is 11.8 Å². The molecule has 2 unspecified atom stereocenters. The smallest absolute Gasteiger partial charge is 0.308 e. The Morgan fingerprint density at radius 3 is 2.67 bits per heavy atom. The van der Waals surface area contributed by atoms with Crippen LogP contribution in [-0.2, 0) is 11.3 Å². The molecule has 0 saturated carbocycles. The van der Waals surface area contributed by atoms with Gasteiger partial charge in [0, 0.05) is 28.6 Å². The highest BCUT2D eigenvalue weighted by atomic mass is 79.9. The van der Waals surface area contributed by atoms with Gasteiger partial charge in [0.05, 0.1) is 5.92 Å². The van der Waals surface area contributed by atoms with Gasteiger partial charge in [0.2, 0.25) is 0 Å². The third kappa shape index (κ3) is 3.13. The zero-order valence-electron chi connectivity index (χ0n) is 10.1. The quantitative estimate of drug-likeness (QED) is 0.879. The number of carbonyl (C=O) groups is 1. The highest BCUT2D eigenvalue weighted by Crippen LogP contribution is 2.27. The molecule has 0 aromatic heterocycles. The van der Waals surface area contributed by atoms with Crippen molar-refractivity contribution in [2.45, 2.75) is 13.5 Å². The molecule has 1 N–H and O–H groups in total. The summed E-state index contributed by atoms with van der Waals surface area (Å²) in [7, 11) is 0. The first-order valence-electron chi connectivity index (χ1n) is 5.86. The van der Waals surface area contributed by atoms with Crippen LogP contribution in [0.4, 0.5) is 0 Å². The van der Waals surface area contributed by atoms with Crippen molar-refractivity contribution in [1.82, 2.24) is 4.90 Å². The van der Waals surface area contributed by atoms with Crippen molar-refractivity contribution in [1.29, 1.82) is 0 Å². The van der Waals surface area contributed by atoms with E-state index in [0.717, 1.165) is 22.0 Å². The Morgan fingerprint density at radius 1 is 1.39 bits per heavy atom. The summed E-state index contributed by atoms with van der Waals surface area (Å²) >= 11 is 6.92. The summed E-state index contributed by atoms with van der Waals surface area (Å²) in [6.07, 6.45) is 0. The standard InChI is InChI=1S/C13H15Br2NO2/c1-8-5-16(7-10(8)13(17)18)6-9-2-3-11(14)12(15)4-9/h2-4,8,10H,5-7H2,1H3,(H,17,18). The number of hydrogen-bond acceptors (Lipinski definition) is 2. The molecule has 2 rings (SSSR count). The summed E-state index contributed by atoms with van der Waals surface area (Å²) in [6, 6.07) is 6.14. The lowest BCUT2D eigenvalue weighted by atomic mass is 9.99. The molecule has 0 aliphatic carbocycles. The van der Waals surface area contributed by atoms with E-state index in [1.54, 1.807) is 0 Å². The van der Waals surface area contributed by atoms with Gasteiger partial charge in [0.1, 0.15) is 0 Å². The topological polar surface area (TPSA) is 40.5 Å². The lowest BCUT2D eigenvalue weighted by Crippen LogP contribution is -2.23. The Hall–Kier alpha value is -0.390. The van der Waals surface area contributed by atoms with E-state index in [2.05, 4.69) is 48.9 Å². The Morgan fingerprint density at radius 2 is 2.11 bits per heavy atom. The Bertz CT molecular complexity index is 464. The van der Waals surface area contributed by atoms with Crippen LogP contribution < -0.4 is 0 Å². The summed E-state index contributed by atoms with van der Waals surface area (Å²) in [4.78, 5) is 13.3. The van der Waals surface area contributed by atoms with Crippen molar-refractivity contribution in [3.63, 3.8) is 0 Å². The molecule has 3 nitrogen and oxygen atoms in total. The Balaban J connectivity index is 2.03. The van der Waals surface area contributed by atoms with Gasteiger partial charge in [-0.25, -0.2) is 0 Å². The molecule has 0 radical (unpaired) electrons. The lowest BCUT2D eigenvalue weighted by molar-refractivity contribution is -0.142. The normalized spacial score (nSPS) is 24.4. The monoisotopic (exact) mass is 375 g/mol. The third-order valence-electron chi connectivity index (χ3n) is 3.40. The molecule has 1 aliphatic rings. The van der Waals surface area contributed by atoms with Crippen molar-refractivity contribution < 1.29 is 9.90 Å². The van der Waals surface area contributed by atoms with Crippen LogP contribution >= 0.6 is 31.9 Å². The van der Waals surface area contributed by atoms with E-state index in [9.17, 15) is 4.79 Å². The van der Waals surface area contributed by atoms with Gasteiger partial charge in [0.15, 0.2) is 0 Å². The third-order valence-corrected chi connectivity index (χ3v) is 5.28. The van der Waals surface area contributed by atoms with E-state index < -0.39 is 5.97 Å². The van der Waals surface area contributed by atoms with Gasteiger partial charge in [-0.05, 0) is 55.5 Å². The van der Waals surface area contributed by atoms with Gasteiger partial charge in [-0.1, -0.05) is 13.0 Å². The molecule has 1 fully saturated rings. The molecule has 0 spiro atoms. The van der Waals surface area contributed by atoms with Gasteiger partial charge in [-0.15, -0.1) is 0 Å². The second-order valence-corrected chi connectivity index (χ2v) is 6.57. The number of hydrogen-bond donors (Lipinski definition) is 1. The number of aliphatic carboxylic acids is 1. The minimum atomic E-state index is -0.679. The largest absolute Gasteiger partial charge is 0.481 e. The fourth-order valence-corrected chi connectivity index (χ4v) is 3.09. The first-order valence-corrected chi connectivity index (χ1v) is 7.45. The zero-order chi connectivity index (χ0) is 13.3. The molecule has 98 valence electrons. The molecule has 0 amide bonds. The molecule has 1 aromatic carbocycles. The summed E-state index contributed by atoms with van der Waals surface area (Å²) in [5, 5.41) is 9.11. The van der Waals surface area contributed by atoms with Gasteiger partial charge in [-0.2, -0.15) is 0 Å². The molecule has 0 bridgehead atoms. The number of likely N-dealkylation sites (tertiary alicyclic amines) is 1. The molecule has 1 aliphatic heterocycles. The summed E-state index contributed by atoms with van der Waals surface area (Å²) in [5.41, 5.74) is 1.20. The molecule has 18 heavy (non-hydrogen) atoms. The highest BCUT2D eigenvalue weighted by Gasteiger charge is 2.34. The van der Waals surface area contributed by atoms with Crippen molar-refractivity contribution in [3.05, 3.63) is 32.7 Å². The van der Waals surface area contributed by atoms with Crippen LogP contribution in [0.5, 0.6) is 0 Å². The first kappa shape index (κ1) is 14.0. The van der Waals surface area contributed by atoms with Gasteiger partial charge in [0.25, 0.3) is 0 Å². The minimum Gasteiger partial charge on any atom is -0.481 e. The highest BCUT2D eigenvalue weighted by molar-refractivity contribution is 9.13. The van der Waals surface area contributed by atoms with Crippen LogP contribution in [0.3, 0.4) is 0 Å². The second-order valence-electron chi connectivity index (χ2n) is 4.86. The molecule has 1 aromatic rings. The van der Waals surface area contributed by atoms with E-state index >= 15 is 0 Å². The number of carboxylic acids is 1. The van der Waals surface area contributed by atoms with Crippen molar-refractivity contribution >= 4 is 37.8 Å². The van der Waals surface area contributed by atoms with Crippen LogP contribution in [0.2, 0.25) is 0 Å². The van der Waals surface area contributed by atoms with E-state index in [4.69, 9.17) is 5.11 Å². The van der Waals surface area contributed by atoms with Crippen LogP contribution in [0, 0.1) is 11.8 Å². The van der Waals surface area contributed by atoms with Crippen molar-refractivity contribution in [2.75, 3.05) is 13.1 Å². The molecule has 1 saturated heterocycles. The Labute approximate surface area is 123 Å². The molecular formula is C13H15Br2NO2. The number of benzene rings is 1. The van der Waals surface area contributed by atoms with Crippen LogP contribution in [0.25, 0.3) is 0 Å². The summed E-state index contributed by atoms with van der Waals surface area (Å²) < 4.78 is 2.06. The van der Waals surface area contributed by atoms with Crippen LogP contribution in [0.15, 0.2) is 27.1 Å². The number of carboxylic acid groups (broad SMARTS) is 1. The number of rotatable bonds is 3. The van der Waals surface area contributed by atoms with Crippen molar-refractivity contribution in [2.24, 2.45) is 11.8 Å². The Kier molecular flexibility index (Phi) is 4.45. The SMILES string of the molecule is CC1CN(Cc2ccc(Br)c(Br)c2)CC1C(=O)O. The van der Waals surface area contributed by atoms with Gasteiger partial charge >= 0.3 is 5.97 Å². The molecule has 5 heteroatoms. The van der Waals surface area contributed by atoms with E-state index in [0.29, 0.717) is 6.54 Å². The first-order chi connectivity index (χ1) is 8.47. The summed E-state index contributed by atoms with van der Waals surface area (Å²) in [5.74, 6) is -0.688. The number of nitrogens with zero attached hydrogens (tertiary/aromatic N) is 1. The molecular weight excluding hydrogens is 362 g/mol. The maximum Gasteiger partial charge on any atom is 0.308 e.